The van der Waals surface area contributed by atoms with Crippen molar-refractivity contribution in [3.05, 3.63) is 172 Å². The van der Waals surface area contributed by atoms with Crippen molar-refractivity contribution in [1.29, 1.82) is 0 Å². The van der Waals surface area contributed by atoms with Gasteiger partial charge in [-0.05, 0) is 114 Å². The van der Waals surface area contributed by atoms with E-state index in [9.17, 15) is 19.2 Å². The number of benzene rings is 6. The van der Waals surface area contributed by atoms with Gasteiger partial charge in [0.2, 0.25) is 0 Å². The van der Waals surface area contributed by atoms with Crippen LogP contribution in [0.2, 0.25) is 0 Å². The molecular weight excluding hydrogens is 652 g/mol. The Balaban J connectivity index is 0.934. The van der Waals surface area contributed by atoms with Gasteiger partial charge in [0, 0.05) is 5.41 Å². The largest absolute Gasteiger partial charge is 0.457 e. The van der Waals surface area contributed by atoms with Gasteiger partial charge in [-0.3, -0.25) is 24.5 Å². The number of hydrogen-bond acceptors (Lipinski definition) is 6. The summed E-state index contributed by atoms with van der Waals surface area (Å²) in [6.45, 7) is 6.39. The van der Waals surface area contributed by atoms with E-state index in [0.717, 1.165) is 27.5 Å². The van der Waals surface area contributed by atoms with Crippen LogP contribution < -0.4 is 19.7 Å². The van der Waals surface area contributed by atoms with Gasteiger partial charge in [0.1, 0.15) is 23.0 Å². The molecule has 0 unspecified atom stereocenters. The molecule has 2 aliphatic heterocycles. The van der Waals surface area contributed by atoms with Crippen LogP contribution in [-0.4, -0.2) is 23.6 Å². The van der Waals surface area contributed by atoms with E-state index in [1.165, 1.54) is 5.56 Å². The zero-order valence-corrected chi connectivity index (χ0v) is 28.6. The predicted molar refractivity (Wildman–Crippen MR) is 198 cm³/mol. The molecule has 8 rings (SSSR count). The maximum atomic E-state index is 13.5. The number of carbonyl (C=O) groups is 4. The molecule has 0 radical (unpaired) electrons. The first-order valence-corrected chi connectivity index (χ1v) is 16.8. The molecule has 0 saturated carbocycles. The number of imide groups is 2. The molecule has 0 bridgehead atoms. The topological polar surface area (TPSA) is 102 Å². The summed E-state index contributed by atoms with van der Waals surface area (Å²) in [5.41, 5.74) is 6.04. The van der Waals surface area contributed by atoms with Crippen molar-refractivity contribution in [2.24, 2.45) is 0 Å². The number of hydrogen-bond donors (Lipinski definition) is 1. The minimum Gasteiger partial charge on any atom is -0.457 e. The van der Waals surface area contributed by atoms with Crippen LogP contribution in [0.1, 0.15) is 72.0 Å². The molecule has 8 heteroatoms. The van der Waals surface area contributed by atoms with Gasteiger partial charge in [-0.25, -0.2) is 4.90 Å². The van der Waals surface area contributed by atoms with Crippen molar-refractivity contribution in [3.8, 4) is 34.1 Å². The molecule has 0 spiro atoms. The molecule has 0 atom stereocenters. The van der Waals surface area contributed by atoms with Crippen molar-refractivity contribution in [2.45, 2.75) is 26.2 Å². The van der Waals surface area contributed by atoms with Gasteiger partial charge < -0.3 is 9.47 Å². The molecular formula is C44H32N2O6. The van der Waals surface area contributed by atoms with Gasteiger partial charge in [-0.1, -0.05) is 67.9 Å². The fourth-order valence-corrected chi connectivity index (χ4v) is 6.59. The fourth-order valence-electron chi connectivity index (χ4n) is 6.59. The number of fused-ring (bicyclic) bond motifs is 2. The molecule has 4 amide bonds. The van der Waals surface area contributed by atoms with Crippen LogP contribution in [0.4, 0.5) is 5.69 Å². The zero-order valence-electron chi connectivity index (χ0n) is 28.6. The van der Waals surface area contributed by atoms with Gasteiger partial charge in [-0.15, -0.1) is 0 Å². The molecule has 6 aromatic rings. The van der Waals surface area contributed by atoms with E-state index >= 15 is 0 Å². The lowest BCUT2D eigenvalue weighted by atomic mass is 9.78. The average molecular weight is 685 g/mol. The van der Waals surface area contributed by atoms with E-state index in [2.05, 4.69) is 31.3 Å². The minimum atomic E-state index is -0.461. The summed E-state index contributed by atoms with van der Waals surface area (Å²) in [4.78, 5) is 52.1. The summed E-state index contributed by atoms with van der Waals surface area (Å²) in [7, 11) is 0. The first kappa shape index (κ1) is 32.4. The number of ether oxygens (including phenoxy) is 2. The number of nitrogens with one attached hydrogen (secondary N) is 1. The molecule has 2 aliphatic rings. The molecule has 0 aliphatic carbocycles. The number of anilines is 1. The van der Waals surface area contributed by atoms with Crippen LogP contribution in [-0.2, 0) is 5.41 Å². The molecule has 6 aromatic carbocycles. The van der Waals surface area contributed by atoms with E-state index in [1.807, 2.05) is 67.6 Å². The van der Waals surface area contributed by atoms with Gasteiger partial charge in [0.15, 0.2) is 0 Å². The summed E-state index contributed by atoms with van der Waals surface area (Å²) < 4.78 is 12.1. The Morgan fingerprint density at radius 3 is 1.44 bits per heavy atom. The first-order chi connectivity index (χ1) is 25.0. The van der Waals surface area contributed by atoms with Crippen molar-refractivity contribution in [3.63, 3.8) is 0 Å². The fraction of sp³-hybridized carbons (Fsp3) is 0.0909. The summed E-state index contributed by atoms with van der Waals surface area (Å²) in [6.07, 6.45) is 0. The monoisotopic (exact) mass is 684 g/mol. The zero-order chi connectivity index (χ0) is 36.1. The molecule has 8 nitrogen and oxygen atoms in total. The highest BCUT2D eigenvalue weighted by atomic mass is 16.5. The lowest BCUT2D eigenvalue weighted by Crippen LogP contribution is -2.29. The van der Waals surface area contributed by atoms with Gasteiger partial charge in [0.05, 0.1) is 27.9 Å². The van der Waals surface area contributed by atoms with Crippen LogP contribution in [0.15, 0.2) is 133 Å². The van der Waals surface area contributed by atoms with Crippen LogP contribution in [0.3, 0.4) is 0 Å². The molecule has 254 valence electrons. The van der Waals surface area contributed by atoms with Crippen LogP contribution in [0.5, 0.6) is 23.0 Å². The second-order valence-electron chi connectivity index (χ2n) is 13.4. The Morgan fingerprint density at radius 2 is 0.904 bits per heavy atom. The van der Waals surface area contributed by atoms with E-state index in [-0.39, 0.29) is 22.1 Å². The van der Waals surface area contributed by atoms with Gasteiger partial charge in [0.25, 0.3) is 23.6 Å². The molecule has 52 heavy (non-hydrogen) atoms. The first-order valence-electron chi connectivity index (χ1n) is 16.8. The molecule has 1 N–H and O–H groups in total. The maximum Gasteiger partial charge on any atom is 0.266 e. The Bertz CT molecular complexity index is 2410. The molecule has 0 saturated heterocycles. The van der Waals surface area contributed by atoms with E-state index in [1.54, 1.807) is 60.7 Å². The van der Waals surface area contributed by atoms with Crippen LogP contribution >= 0.6 is 0 Å². The summed E-state index contributed by atoms with van der Waals surface area (Å²) in [6, 6.07) is 40.8. The highest BCUT2D eigenvalue weighted by Crippen LogP contribution is 2.36. The standard InChI is InChI=1S/C44H32N2O6/c1-26-4-14-32(15-5-26)51-33-16-8-29(9-17-33)44(2,3)30-10-18-34(19-11-30)52-35-20-12-31(13-21-35)46-42(49)37-23-7-28(25-39(37)43(46)50)27-6-22-36-38(24-27)41(48)45-40(36)47/h4-25H,1-3H3,(H,45,47,48). The summed E-state index contributed by atoms with van der Waals surface area (Å²) >= 11 is 0. The summed E-state index contributed by atoms with van der Waals surface area (Å²) in [5, 5.41) is 2.28. The lowest BCUT2D eigenvalue weighted by Gasteiger charge is -2.26. The van der Waals surface area contributed by atoms with Crippen molar-refractivity contribution < 1.29 is 28.7 Å². The SMILES string of the molecule is Cc1ccc(Oc2ccc(C(C)(C)c3ccc(Oc4ccc(N5C(=O)c6ccc(-c7ccc8c(c7)C(=O)NC8=O)cc6C5=O)cc4)cc3)cc2)cc1. The highest BCUT2D eigenvalue weighted by Gasteiger charge is 2.37. The summed E-state index contributed by atoms with van der Waals surface area (Å²) in [5.74, 6) is 1.01. The third kappa shape index (κ3) is 5.80. The minimum absolute atomic E-state index is 0.262. The van der Waals surface area contributed by atoms with Gasteiger partial charge in [-0.2, -0.15) is 0 Å². The van der Waals surface area contributed by atoms with Crippen LogP contribution in [0, 0.1) is 6.92 Å². The average Bonchev–Trinajstić information content (AvgIpc) is 3.58. The number of aryl methyl sites for hydroxylation is 1. The third-order valence-electron chi connectivity index (χ3n) is 9.70. The van der Waals surface area contributed by atoms with Crippen LogP contribution in [0.25, 0.3) is 11.1 Å². The van der Waals surface area contributed by atoms with Gasteiger partial charge >= 0.3 is 0 Å². The number of rotatable bonds is 8. The van der Waals surface area contributed by atoms with Crippen molar-refractivity contribution >= 4 is 29.3 Å². The van der Waals surface area contributed by atoms with E-state index in [4.69, 9.17) is 9.47 Å². The second kappa shape index (κ2) is 12.5. The number of amides is 4. The van der Waals surface area contributed by atoms with Crippen molar-refractivity contribution in [1.82, 2.24) is 5.32 Å². The number of nitrogens with zero attached hydrogens (tertiary/aromatic N) is 1. The molecule has 2 heterocycles. The van der Waals surface area contributed by atoms with E-state index in [0.29, 0.717) is 33.9 Å². The highest BCUT2D eigenvalue weighted by molar-refractivity contribution is 6.34. The van der Waals surface area contributed by atoms with E-state index < -0.39 is 23.6 Å². The predicted octanol–water partition coefficient (Wildman–Crippen LogP) is 9.26. The van der Waals surface area contributed by atoms with Crippen molar-refractivity contribution in [2.75, 3.05) is 4.90 Å². The smallest absolute Gasteiger partial charge is 0.266 e. The number of carbonyl (C=O) groups excluding carboxylic acids is 4. The normalized spacial score (nSPS) is 13.6. The quantitative estimate of drug-likeness (QED) is 0.160. The maximum absolute atomic E-state index is 13.5. The Morgan fingerprint density at radius 1 is 0.481 bits per heavy atom. The Kier molecular flexibility index (Phi) is 7.80. The Labute approximate surface area is 300 Å². The molecule has 0 fully saturated rings. The lowest BCUT2D eigenvalue weighted by molar-refractivity contribution is 0.0874. The molecule has 0 aromatic heterocycles. The second-order valence-corrected chi connectivity index (χ2v) is 13.4. The Hall–Kier alpha value is -6.80. The third-order valence-corrected chi connectivity index (χ3v) is 9.70.